The molecule has 0 atom stereocenters. The first kappa shape index (κ1) is 18.1. The van der Waals surface area contributed by atoms with Crippen molar-refractivity contribution in [2.45, 2.75) is 45.6 Å². The van der Waals surface area contributed by atoms with E-state index in [0.29, 0.717) is 24.6 Å². The molecule has 1 aromatic heterocycles. The van der Waals surface area contributed by atoms with Gasteiger partial charge in [-0.15, -0.1) is 0 Å². The van der Waals surface area contributed by atoms with E-state index >= 15 is 0 Å². The van der Waals surface area contributed by atoms with Crippen LogP contribution in [-0.2, 0) is 6.54 Å². The van der Waals surface area contributed by atoms with Gasteiger partial charge >= 0.3 is 0 Å². The zero-order chi connectivity index (χ0) is 18.2. The second-order valence-electron chi connectivity index (χ2n) is 6.75. The lowest BCUT2D eigenvalue weighted by molar-refractivity contribution is 0.0949. The number of aryl methyl sites for hydroxylation is 1. The zero-order valence-electron chi connectivity index (χ0n) is 15.3. The molecule has 3 rings (SSSR count). The number of nitrogens with zero attached hydrogens (tertiary/aromatic N) is 2. The molecule has 5 nitrogen and oxygen atoms in total. The van der Waals surface area contributed by atoms with E-state index in [-0.39, 0.29) is 5.91 Å². The van der Waals surface area contributed by atoms with E-state index in [1.165, 1.54) is 42.3 Å². The van der Waals surface area contributed by atoms with Crippen molar-refractivity contribution in [1.82, 2.24) is 15.3 Å². The molecule has 0 saturated heterocycles. The summed E-state index contributed by atoms with van der Waals surface area (Å²) in [7, 11) is 0. The fourth-order valence-electron chi connectivity index (χ4n) is 3.15. The van der Waals surface area contributed by atoms with Crippen LogP contribution in [0, 0.1) is 6.92 Å². The standard InChI is InChI=1S/C21H26N4O/c1-16-6-5-9-18(12-16)14-23-20-13-19(24-15-25-20)21(26)22-11-10-17-7-3-2-4-8-17/h5-7,9,12-13,15H,2-4,8,10-11,14H2,1H3,(H,22,26)(H,23,24,25). The van der Waals surface area contributed by atoms with Gasteiger partial charge in [0.2, 0.25) is 0 Å². The molecule has 0 bridgehead atoms. The predicted molar refractivity (Wildman–Crippen MR) is 104 cm³/mol. The Morgan fingerprint density at radius 1 is 1.19 bits per heavy atom. The number of rotatable bonds is 7. The molecule has 0 fully saturated rings. The Kier molecular flexibility index (Phi) is 6.36. The van der Waals surface area contributed by atoms with Crippen LogP contribution in [0.2, 0.25) is 0 Å². The van der Waals surface area contributed by atoms with Crippen LogP contribution in [0.25, 0.3) is 0 Å². The van der Waals surface area contributed by atoms with E-state index in [4.69, 9.17) is 0 Å². The number of nitrogens with one attached hydrogen (secondary N) is 2. The van der Waals surface area contributed by atoms with Gasteiger partial charge in [-0.1, -0.05) is 41.5 Å². The van der Waals surface area contributed by atoms with Crippen molar-refractivity contribution in [2.24, 2.45) is 0 Å². The van der Waals surface area contributed by atoms with Crippen LogP contribution in [0.3, 0.4) is 0 Å². The minimum absolute atomic E-state index is 0.151. The molecule has 136 valence electrons. The van der Waals surface area contributed by atoms with Crippen LogP contribution >= 0.6 is 0 Å². The highest BCUT2D eigenvalue weighted by Crippen LogP contribution is 2.19. The number of carbonyl (C=O) groups is 1. The third-order valence-corrected chi connectivity index (χ3v) is 4.57. The van der Waals surface area contributed by atoms with Crippen LogP contribution < -0.4 is 10.6 Å². The largest absolute Gasteiger partial charge is 0.366 e. The topological polar surface area (TPSA) is 66.9 Å². The maximum absolute atomic E-state index is 12.3. The number of allylic oxidation sites excluding steroid dienone is 1. The molecule has 2 N–H and O–H groups in total. The van der Waals surface area contributed by atoms with E-state index in [2.05, 4.69) is 51.8 Å². The van der Waals surface area contributed by atoms with E-state index in [1.807, 2.05) is 6.07 Å². The summed E-state index contributed by atoms with van der Waals surface area (Å²) in [6, 6.07) is 9.99. The molecule has 2 aromatic rings. The summed E-state index contributed by atoms with van der Waals surface area (Å²) < 4.78 is 0. The fraction of sp³-hybridized carbons (Fsp3) is 0.381. The normalized spacial score (nSPS) is 13.8. The van der Waals surface area contributed by atoms with Crippen molar-refractivity contribution in [3.63, 3.8) is 0 Å². The van der Waals surface area contributed by atoms with Gasteiger partial charge < -0.3 is 10.6 Å². The molecule has 0 spiro atoms. The van der Waals surface area contributed by atoms with Crippen molar-refractivity contribution >= 4 is 11.7 Å². The molecule has 0 saturated carbocycles. The highest BCUT2D eigenvalue weighted by molar-refractivity contribution is 5.92. The van der Waals surface area contributed by atoms with Gasteiger partial charge in [-0.05, 0) is 44.6 Å². The van der Waals surface area contributed by atoms with Crippen LogP contribution in [0.4, 0.5) is 5.82 Å². The molecule has 26 heavy (non-hydrogen) atoms. The van der Waals surface area contributed by atoms with Gasteiger partial charge in [-0.25, -0.2) is 9.97 Å². The third kappa shape index (κ3) is 5.41. The number of carbonyl (C=O) groups excluding carboxylic acids is 1. The lowest BCUT2D eigenvalue weighted by Gasteiger charge is -2.13. The summed E-state index contributed by atoms with van der Waals surface area (Å²) in [5, 5.41) is 6.21. The van der Waals surface area contributed by atoms with E-state index in [1.54, 1.807) is 6.07 Å². The molecular weight excluding hydrogens is 324 g/mol. The molecule has 0 aliphatic heterocycles. The lowest BCUT2D eigenvalue weighted by atomic mass is 9.97. The molecule has 5 heteroatoms. The van der Waals surface area contributed by atoms with Gasteiger partial charge in [0.15, 0.2) is 0 Å². The summed E-state index contributed by atoms with van der Waals surface area (Å²) in [5.74, 6) is 0.504. The van der Waals surface area contributed by atoms with Gasteiger partial charge in [0, 0.05) is 19.2 Å². The Morgan fingerprint density at radius 3 is 2.92 bits per heavy atom. The summed E-state index contributed by atoms with van der Waals surface area (Å²) in [5.41, 5.74) is 4.25. The molecule has 1 heterocycles. The lowest BCUT2D eigenvalue weighted by Crippen LogP contribution is -2.26. The SMILES string of the molecule is Cc1cccc(CNc2cc(C(=O)NCCC3=CCCCC3)ncn2)c1. The maximum Gasteiger partial charge on any atom is 0.270 e. The fourth-order valence-corrected chi connectivity index (χ4v) is 3.15. The monoisotopic (exact) mass is 350 g/mol. The van der Waals surface area contributed by atoms with Crippen molar-refractivity contribution in [3.8, 4) is 0 Å². The van der Waals surface area contributed by atoms with Crippen molar-refractivity contribution in [1.29, 1.82) is 0 Å². The second kappa shape index (κ2) is 9.13. The number of aromatic nitrogens is 2. The van der Waals surface area contributed by atoms with E-state index in [9.17, 15) is 4.79 Å². The van der Waals surface area contributed by atoms with Crippen LogP contribution in [0.5, 0.6) is 0 Å². The van der Waals surface area contributed by atoms with Crippen LogP contribution in [-0.4, -0.2) is 22.4 Å². The van der Waals surface area contributed by atoms with Gasteiger partial charge in [-0.3, -0.25) is 4.79 Å². The zero-order valence-corrected chi connectivity index (χ0v) is 15.3. The Hall–Kier alpha value is -2.69. The van der Waals surface area contributed by atoms with E-state index in [0.717, 1.165) is 12.8 Å². The smallest absolute Gasteiger partial charge is 0.270 e. The first-order valence-electron chi connectivity index (χ1n) is 9.28. The van der Waals surface area contributed by atoms with E-state index < -0.39 is 0 Å². The van der Waals surface area contributed by atoms with Crippen LogP contribution in [0.15, 0.2) is 48.3 Å². The third-order valence-electron chi connectivity index (χ3n) is 4.57. The first-order valence-corrected chi connectivity index (χ1v) is 9.28. The molecule has 1 amide bonds. The highest BCUT2D eigenvalue weighted by atomic mass is 16.1. The molecule has 0 unspecified atom stereocenters. The van der Waals surface area contributed by atoms with Crippen LogP contribution in [0.1, 0.15) is 53.7 Å². The Balaban J connectivity index is 1.51. The summed E-state index contributed by atoms with van der Waals surface area (Å²) in [6.45, 7) is 3.38. The predicted octanol–water partition coefficient (Wildman–Crippen LogP) is 4.02. The Bertz CT molecular complexity index is 785. The number of anilines is 1. The minimum atomic E-state index is -0.151. The first-order chi connectivity index (χ1) is 12.7. The van der Waals surface area contributed by atoms with Gasteiger partial charge in [0.25, 0.3) is 5.91 Å². The summed E-state index contributed by atoms with van der Waals surface area (Å²) in [4.78, 5) is 20.6. The van der Waals surface area contributed by atoms with Crippen molar-refractivity contribution in [3.05, 3.63) is 65.1 Å². The average Bonchev–Trinajstić information content (AvgIpc) is 2.67. The maximum atomic E-state index is 12.3. The number of benzene rings is 1. The number of amides is 1. The Labute approximate surface area is 155 Å². The van der Waals surface area contributed by atoms with Gasteiger partial charge in [0.1, 0.15) is 17.8 Å². The van der Waals surface area contributed by atoms with Gasteiger partial charge in [0.05, 0.1) is 0 Å². The molecule has 1 aromatic carbocycles. The van der Waals surface area contributed by atoms with Crippen molar-refractivity contribution in [2.75, 3.05) is 11.9 Å². The quantitative estimate of drug-likeness (QED) is 0.740. The van der Waals surface area contributed by atoms with Crippen molar-refractivity contribution < 1.29 is 4.79 Å². The Morgan fingerprint density at radius 2 is 2.12 bits per heavy atom. The average molecular weight is 350 g/mol. The molecule has 1 aliphatic carbocycles. The molecule has 0 radical (unpaired) electrons. The second-order valence-corrected chi connectivity index (χ2v) is 6.75. The number of hydrogen-bond donors (Lipinski definition) is 2. The number of hydrogen-bond acceptors (Lipinski definition) is 4. The highest BCUT2D eigenvalue weighted by Gasteiger charge is 2.09. The van der Waals surface area contributed by atoms with Gasteiger partial charge in [-0.2, -0.15) is 0 Å². The molecule has 1 aliphatic rings. The molecular formula is C21H26N4O. The minimum Gasteiger partial charge on any atom is -0.366 e. The summed E-state index contributed by atoms with van der Waals surface area (Å²) in [6.07, 6.45) is 9.55. The summed E-state index contributed by atoms with van der Waals surface area (Å²) >= 11 is 0.